The van der Waals surface area contributed by atoms with E-state index < -0.39 is 0 Å². The largest absolute Gasteiger partial charge is 0.353 e. The summed E-state index contributed by atoms with van der Waals surface area (Å²) in [6.45, 7) is 3.70. The highest BCUT2D eigenvalue weighted by Gasteiger charge is 2.32. The Morgan fingerprint density at radius 1 is 1.04 bits per heavy atom. The molecule has 1 heterocycles. The molecule has 26 heavy (non-hydrogen) atoms. The van der Waals surface area contributed by atoms with E-state index in [9.17, 15) is 9.59 Å². The van der Waals surface area contributed by atoms with Crippen molar-refractivity contribution in [1.29, 1.82) is 0 Å². The van der Waals surface area contributed by atoms with E-state index in [1.54, 1.807) is 0 Å². The Morgan fingerprint density at radius 2 is 1.77 bits per heavy atom. The van der Waals surface area contributed by atoms with Crippen LogP contribution in [0.4, 0.5) is 0 Å². The highest BCUT2D eigenvalue weighted by molar-refractivity contribution is 5.94. The maximum Gasteiger partial charge on any atom is 0.253 e. The van der Waals surface area contributed by atoms with Crippen molar-refractivity contribution in [3.8, 4) is 0 Å². The van der Waals surface area contributed by atoms with Gasteiger partial charge in [-0.05, 0) is 43.2 Å². The fourth-order valence-electron chi connectivity index (χ4n) is 4.53. The highest BCUT2D eigenvalue weighted by Crippen LogP contribution is 2.30. The first kappa shape index (κ1) is 18.9. The minimum atomic E-state index is 0.120. The summed E-state index contributed by atoms with van der Waals surface area (Å²) in [5, 5.41) is 3.25. The van der Waals surface area contributed by atoms with Crippen LogP contribution in [0.15, 0.2) is 30.3 Å². The van der Waals surface area contributed by atoms with Gasteiger partial charge >= 0.3 is 0 Å². The van der Waals surface area contributed by atoms with Gasteiger partial charge in [-0.25, -0.2) is 0 Å². The number of nitrogens with zero attached hydrogens (tertiary/aromatic N) is 1. The molecule has 1 aromatic rings. The van der Waals surface area contributed by atoms with E-state index in [1.807, 2.05) is 35.2 Å². The van der Waals surface area contributed by atoms with Crippen molar-refractivity contribution in [1.82, 2.24) is 10.2 Å². The first-order chi connectivity index (χ1) is 12.7. The molecule has 0 aromatic heterocycles. The Labute approximate surface area is 157 Å². The first-order valence-electron chi connectivity index (χ1n) is 10.3. The van der Waals surface area contributed by atoms with Gasteiger partial charge in [0.25, 0.3) is 5.91 Å². The summed E-state index contributed by atoms with van der Waals surface area (Å²) in [7, 11) is 0. The normalized spacial score (nSPS) is 24.3. The van der Waals surface area contributed by atoms with Gasteiger partial charge in [0, 0.05) is 31.1 Å². The minimum absolute atomic E-state index is 0.120. The predicted octanol–water partition coefficient (Wildman–Crippen LogP) is 4.01. The minimum Gasteiger partial charge on any atom is -0.353 e. The Hall–Kier alpha value is -1.84. The molecule has 2 amide bonds. The fraction of sp³-hybridized carbons (Fsp3) is 0.636. The smallest absolute Gasteiger partial charge is 0.253 e. The van der Waals surface area contributed by atoms with Crippen molar-refractivity contribution in [2.45, 2.75) is 64.3 Å². The van der Waals surface area contributed by atoms with E-state index in [1.165, 1.54) is 19.3 Å². The molecule has 2 fully saturated rings. The van der Waals surface area contributed by atoms with E-state index in [4.69, 9.17) is 0 Å². The average molecular weight is 357 g/mol. The molecule has 1 saturated heterocycles. The van der Waals surface area contributed by atoms with E-state index in [0.717, 1.165) is 44.3 Å². The summed E-state index contributed by atoms with van der Waals surface area (Å²) in [6.07, 6.45) is 8.60. The van der Waals surface area contributed by atoms with Gasteiger partial charge in [-0.2, -0.15) is 0 Å². The van der Waals surface area contributed by atoms with Crippen LogP contribution < -0.4 is 5.32 Å². The van der Waals surface area contributed by atoms with E-state index in [2.05, 4.69) is 12.2 Å². The van der Waals surface area contributed by atoms with Crippen molar-refractivity contribution in [2.75, 3.05) is 13.1 Å². The molecule has 1 aliphatic heterocycles. The molecule has 0 bridgehead atoms. The Morgan fingerprint density at radius 3 is 2.46 bits per heavy atom. The fourth-order valence-corrected chi connectivity index (χ4v) is 4.53. The molecule has 142 valence electrons. The topological polar surface area (TPSA) is 49.4 Å². The van der Waals surface area contributed by atoms with Gasteiger partial charge in [-0.1, -0.05) is 50.8 Å². The number of rotatable bonds is 5. The molecule has 1 N–H and O–H groups in total. The zero-order valence-electron chi connectivity index (χ0n) is 16.0. The summed E-state index contributed by atoms with van der Waals surface area (Å²) < 4.78 is 0. The molecule has 0 radical (unpaired) electrons. The van der Waals surface area contributed by atoms with Crippen molar-refractivity contribution < 1.29 is 9.59 Å². The van der Waals surface area contributed by atoms with Crippen LogP contribution in [0.1, 0.15) is 68.6 Å². The van der Waals surface area contributed by atoms with Gasteiger partial charge in [-0.15, -0.1) is 0 Å². The molecule has 1 aliphatic carbocycles. The van der Waals surface area contributed by atoms with Crippen LogP contribution in [0.2, 0.25) is 0 Å². The molecule has 1 saturated carbocycles. The highest BCUT2D eigenvalue weighted by atomic mass is 16.2. The molecular formula is C22H32N2O2. The van der Waals surface area contributed by atoms with Gasteiger partial charge < -0.3 is 10.2 Å². The van der Waals surface area contributed by atoms with Gasteiger partial charge in [0.1, 0.15) is 0 Å². The Kier molecular flexibility index (Phi) is 6.70. The molecule has 4 nitrogen and oxygen atoms in total. The number of carbonyl (C=O) groups is 2. The van der Waals surface area contributed by atoms with Crippen molar-refractivity contribution in [3.63, 3.8) is 0 Å². The lowest BCUT2D eigenvalue weighted by Crippen LogP contribution is -2.45. The maximum absolute atomic E-state index is 12.7. The van der Waals surface area contributed by atoms with Crippen LogP contribution in [0.5, 0.6) is 0 Å². The van der Waals surface area contributed by atoms with E-state index in [0.29, 0.717) is 24.3 Å². The number of piperidine rings is 1. The monoisotopic (exact) mass is 356 g/mol. The summed E-state index contributed by atoms with van der Waals surface area (Å²) in [6, 6.07) is 9.90. The van der Waals surface area contributed by atoms with Crippen LogP contribution in [-0.2, 0) is 4.79 Å². The second-order valence-corrected chi connectivity index (χ2v) is 7.94. The molecule has 0 spiro atoms. The molecule has 0 unspecified atom stereocenters. The average Bonchev–Trinajstić information content (AvgIpc) is 2.69. The van der Waals surface area contributed by atoms with E-state index >= 15 is 0 Å². The van der Waals surface area contributed by atoms with Crippen LogP contribution in [0, 0.1) is 11.8 Å². The lowest BCUT2D eigenvalue weighted by atomic mass is 9.81. The third-order valence-corrected chi connectivity index (χ3v) is 6.14. The summed E-state index contributed by atoms with van der Waals surface area (Å²) in [5.74, 6) is 1.13. The van der Waals surface area contributed by atoms with Crippen LogP contribution >= 0.6 is 0 Å². The number of hydrogen-bond donors (Lipinski definition) is 1. The summed E-state index contributed by atoms with van der Waals surface area (Å²) >= 11 is 0. The van der Waals surface area contributed by atoms with Crippen LogP contribution in [0.25, 0.3) is 0 Å². The number of nitrogens with one attached hydrogen (secondary N) is 1. The molecule has 2 aliphatic rings. The first-order valence-corrected chi connectivity index (χ1v) is 10.3. The standard InChI is InChI=1S/C22H32N2O2/c1-2-17-16-24(22(26)18-9-5-3-6-10-18)14-13-19(17)15-21(25)23-20-11-7-4-8-12-20/h3,5-6,9-10,17,19-20H,2,4,7-8,11-16H2,1H3,(H,23,25)/t17-,19+/m1/s1. The number of carbonyl (C=O) groups excluding carboxylic acids is 2. The second kappa shape index (κ2) is 9.20. The number of likely N-dealkylation sites (tertiary alicyclic amines) is 1. The molecule has 4 heteroatoms. The van der Waals surface area contributed by atoms with Crippen molar-refractivity contribution in [2.24, 2.45) is 11.8 Å². The maximum atomic E-state index is 12.7. The number of hydrogen-bond acceptors (Lipinski definition) is 2. The number of benzene rings is 1. The van der Waals surface area contributed by atoms with E-state index in [-0.39, 0.29) is 11.8 Å². The molecule has 2 atom stereocenters. The predicted molar refractivity (Wildman–Crippen MR) is 104 cm³/mol. The third kappa shape index (κ3) is 4.87. The third-order valence-electron chi connectivity index (χ3n) is 6.14. The molecular weight excluding hydrogens is 324 g/mol. The lowest BCUT2D eigenvalue weighted by molar-refractivity contribution is -0.123. The van der Waals surface area contributed by atoms with Crippen LogP contribution in [-0.4, -0.2) is 35.8 Å². The Bertz CT molecular complexity index is 595. The Balaban J connectivity index is 1.52. The summed E-state index contributed by atoms with van der Waals surface area (Å²) in [5.41, 5.74) is 0.760. The second-order valence-electron chi connectivity index (χ2n) is 7.94. The SMILES string of the molecule is CC[C@@H]1CN(C(=O)c2ccccc2)CC[C@H]1CC(=O)NC1CCCCC1. The van der Waals surface area contributed by atoms with Gasteiger partial charge in [0.2, 0.25) is 5.91 Å². The molecule has 3 rings (SSSR count). The quantitative estimate of drug-likeness (QED) is 0.866. The zero-order chi connectivity index (χ0) is 18.4. The molecule has 1 aromatic carbocycles. The van der Waals surface area contributed by atoms with Crippen molar-refractivity contribution >= 4 is 11.8 Å². The van der Waals surface area contributed by atoms with Gasteiger partial charge in [0.15, 0.2) is 0 Å². The zero-order valence-corrected chi connectivity index (χ0v) is 16.0. The van der Waals surface area contributed by atoms with Crippen molar-refractivity contribution in [3.05, 3.63) is 35.9 Å². The van der Waals surface area contributed by atoms with Gasteiger partial charge in [-0.3, -0.25) is 9.59 Å². The number of amides is 2. The van der Waals surface area contributed by atoms with Gasteiger partial charge in [0.05, 0.1) is 0 Å². The van der Waals surface area contributed by atoms with Crippen LogP contribution in [0.3, 0.4) is 0 Å². The lowest BCUT2D eigenvalue weighted by Gasteiger charge is -2.38. The summed E-state index contributed by atoms with van der Waals surface area (Å²) in [4.78, 5) is 27.2.